The Balaban J connectivity index is 1.45. The highest BCUT2D eigenvalue weighted by Crippen LogP contribution is 2.28. The second kappa shape index (κ2) is 14.2. The van der Waals surface area contributed by atoms with Crippen LogP contribution in [0.2, 0.25) is 5.02 Å². The summed E-state index contributed by atoms with van der Waals surface area (Å²) in [6.45, 7) is 1.28. The zero-order valence-corrected chi connectivity index (χ0v) is 22.9. The standard InChI is InChI=1S/C32H32ClNO5/c1-36-30-16-11-24(20-31(30)37-2)17-18-34(32(35)23-38-22-25-7-4-3-5-8-25)21-26-9-6-10-29(19-26)39-28-14-12-27(33)13-15-28/h3-16,19-20H,17-18,21-23H2,1-2H3. The molecule has 4 rings (SSSR count). The third kappa shape index (κ3) is 8.50. The minimum Gasteiger partial charge on any atom is -0.493 e. The van der Waals surface area contributed by atoms with Crippen molar-refractivity contribution >= 4 is 17.5 Å². The summed E-state index contributed by atoms with van der Waals surface area (Å²) in [4.78, 5) is 15.1. The van der Waals surface area contributed by atoms with Gasteiger partial charge in [0.15, 0.2) is 11.5 Å². The smallest absolute Gasteiger partial charge is 0.248 e. The normalized spacial score (nSPS) is 10.6. The molecular formula is C32H32ClNO5. The van der Waals surface area contributed by atoms with Crippen molar-refractivity contribution in [2.24, 2.45) is 0 Å². The van der Waals surface area contributed by atoms with Crippen LogP contribution in [0.15, 0.2) is 97.1 Å². The summed E-state index contributed by atoms with van der Waals surface area (Å²) in [5, 5.41) is 0.647. The average Bonchev–Trinajstić information content (AvgIpc) is 2.97. The highest BCUT2D eigenvalue weighted by atomic mass is 35.5. The van der Waals surface area contributed by atoms with Gasteiger partial charge in [-0.3, -0.25) is 4.79 Å². The van der Waals surface area contributed by atoms with E-state index in [2.05, 4.69) is 0 Å². The first-order valence-corrected chi connectivity index (χ1v) is 13.0. The van der Waals surface area contributed by atoms with Gasteiger partial charge in [0.25, 0.3) is 0 Å². The monoisotopic (exact) mass is 545 g/mol. The van der Waals surface area contributed by atoms with Crippen molar-refractivity contribution in [2.45, 2.75) is 19.6 Å². The molecule has 0 aliphatic heterocycles. The van der Waals surface area contributed by atoms with Crippen LogP contribution in [0, 0.1) is 0 Å². The lowest BCUT2D eigenvalue weighted by atomic mass is 10.1. The van der Waals surface area contributed by atoms with Gasteiger partial charge in [0.05, 0.1) is 20.8 Å². The Morgan fingerprint density at radius 1 is 0.744 bits per heavy atom. The van der Waals surface area contributed by atoms with Gasteiger partial charge in [0.1, 0.15) is 18.1 Å². The minimum absolute atomic E-state index is 0.0121. The molecule has 1 amide bonds. The fraction of sp³-hybridized carbons (Fsp3) is 0.219. The number of ether oxygens (including phenoxy) is 4. The van der Waals surface area contributed by atoms with Crippen LogP contribution >= 0.6 is 11.6 Å². The molecule has 0 spiro atoms. The van der Waals surface area contributed by atoms with E-state index in [1.165, 1.54) is 0 Å². The summed E-state index contributed by atoms with van der Waals surface area (Å²) >= 11 is 5.99. The van der Waals surface area contributed by atoms with E-state index in [0.717, 1.165) is 16.7 Å². The molecule has 0 aliphatic rings. The van der Waals surface area contributed by atoms with Gasteiger partial charge in [-0.05, 0) is 71.6 Å². The molecule has 0 unspecified atom stereocenters. The van der Waals surface area contributed by atoms with E-state index in [-0.39, 0.29) is 12.5 Å². The Morgan fingerprint density at radius 3 is 2.23 bits per heavy atom. The van der Waals surface area contributed by atoms with Gasteiger partial charge >= 0.3 is 0 Å². The molecule has 0 bridgehead atoms. The minimum atomic E-state index is -0.0876. The van der Waals surface area contributed by atoms with Crippen LogP contribution in [0.5, 0.6) is 23.0 Å². The molecular weight excluding hydrogens is 514 g/mol. The van der Waals surface area contributed by atoms with Gasteiger partial charge in [-0.15, -0.1) is 0 Å². The molecule has 4 aromatic rings. The molecule has 7 heteroatoms. The van der Waals surface area contributed by atoms with Crippen LogP contribution in [-0.4, -0.2) is 38.2 Å². The lowest BCUT2D eigenvalue weighted by Gasteiger charge is -2.23. The second-order valence-electron chi connectivity index (χ2n) is 8.94. The van der Waals surface area contributed by atoms with E-state index in [1.807, 2.05) is 89.8 Å². The number of methoxy groups -OCH3 is 2. The highest BCUT2D eigenvalue weighted by Gasteiger charge is 2.16. The summed E-state index contributed by atoms with van der Waals surface area (Å²) < 4.78 is 22.6. The molecule has 0 saturated heterocycles. The average molecular weight is 546 g/mol. The zero-order valence-electron chi connectivity index (χ0n) is 22.1. The van der Waals surface area contributed by atoms with Crippen molar-refractivity contribution in [1.82, 2.24) is 4.90 Å². The maximum absolute atomic E-state index is 13.3. The van der Waals surface area contributed by atoms with Crippen LogP contribution in [0.4, 0.5) is 0 Å². The second-order valence-corrected chi connectivity index (χ2v) is 9.37. The number of nitrogens with zero attached hydrogens (tertiary/aromatic N) is 1. The molecule has 0 N–H and O–H groups in total. The molecule has 0 saturated carbocycles. The first-order valence-electron chi connectivity index (χ1n) is 12.7. The number of benzene rings is 4. The number of hydrogen-bond acceptors (Lipinski definition) is 5. The molecule has 6 nitrogen and oxygen atoms in total. The predicted molar refractivity (Wildman–Crippen MR) is 153 cm³/mol. The van der Waals surface area contributed by atoms with E-state index in [0.29, 0.717) is 54.1 Å². The topological polar surface area (TPSA) is 57.2 Å². The molecule has 202 valence electrons. The van der Waals surface area contributed by atoms with Gasteiger partial charge in [-0.25, -0.2) is 0 Å². The van der Waals surface area contributed by atoms with E-state index in [1.54, 1.807) is 26.4 Å². The molecule has 0 aromatic heterocycles. The van der Waals surface area contributed by atoms with Crippen molar-refractivity contribution in [3.8, 4) is 23.0 Å². The number of rotatable bonds is 13. The summed E-state index contributed by atoms with van der Waals surface area (Å²) in [6.07, 6.45) is 0.645. The van der Waals surface area contributed by atoms with E-state index < -0.39 is 0 Å². The van der Waals surface area contributed by atoms with E-state index in [9.17, 15) is 4.79 Å². The van der Waals surface area contributed by atoms with Crippen LogP contribution in [0.1, 0.15) is 16.7 Å². The maximum atomic E-state index is 13.3. The number of halogens is 1. The quantitative estimate of drug-likeness (QED) is 0.182. The van der Waals surface area contributed by atoms with Gasteiger partial charge in [0.2, 0.25) is 5.91 Å². The van der Waals surface area contributed by atoms with Crippen LogP contribution in [-0.2, 0) is 29.1 Å². The number of carbonyl (C=O) groups is 1. The molecule has 0 aliphatic carbocycles. The van der Waals surface area contributed by atoms with Crippen molar-refractivity contribution in [3.63, 3.8) is 0 Å². The molecule has 39 heavy (non-hydrogen) atoms. The molecule has 0 heterocycles. The lowest BCUT2D eigenvalue weighted by molar-refractivity contribution is -0.137. The third-order valence-electron chi connectivity index (χ3n) is 6.13. The lowest BCUT2D eigenvalue weighted by Crippen LogP contribution is -2.35. The first-order chi connectivity index (χ1) is 19.0. The van der Waals surface area contributed by atoms with Crippen molar-refractivity contribution < 1.29 is 23.7 Å². The first kappa shape index (κ1) is 28.0. The predicted octanol–water partition coefficient (Wildman–Crippen LogP) is 6.94. The SMILES string of the molecule is COc1ccc(CCN(Cc2cccc(Oc3ccc(Cl)cc3)c2)C(=O)COCc2ccccc2)cc1OC. The summed E-state index contributed by atoms with van der Waals surface area (Å²) in [5.41, 5.74) is 3.01. The zero-order chi connectivity index (χ0) is 27.5. The van der Waals surface area contributed by atoms with E-state index in [4.69, 9.17) is 30.5 Å². The Labute approximate surface area is 234 Å². The Bertz CT molecular complexity index is 1340. The summed E-state index contributed by atoms with van der Waals surface area (Å²) in [6, 6.07) is 30.5. The van der Waals surface area contributed by atoms with Gasteiger partial charge < -0.3 is 23.8 Å². The van der Waals surface area contributed by atoms with Crippen molar-refractivity contribution in [2.75, 3.05) is 27.4 Å². The third-order valence-corrected chi connectivity index (χ3v) is 6.38. The molecule has 4 aromatic carbocycles. The highest BCUT2D eigenvalue weighted by molar-refractivity contribution is 6.30. The Kier molecular flexibility index (Phi) is 10.2. The van der Waals surface area contributed by atoms with Gasteiger partial charge in [0, 0.05) is 18.1 Å². The fourth-order valence-electron chi connectivity index (χ4n) is 4.08. The van der Waals surface area contributed by atoms with Gasteiger partial charge in [-0.1, -0.05) is 60.1 Å². The van der Waals surface area contributed by atoms with Crippen molar-refractivity contribution in [1.29, 1.82) is 0 Å². The number of hydrogen-bond donors (Lipinski definition) is 0. The largest absolute Gasteiger partial charge is 0.493 e. The molecule has 0 radical (unpaired) electrons. The van der Waals surface area contributed by atoms with Crippen LogP contribution in [0.25, 0.3) is 0 Å². The van der Waals surface area contributed by atoms with Crippen LogP contribution in [0.3, 0.4) is 0 Å². The number of carbonyl (C=O) groups excluding carboxylic acids is 1. The Morgan fingerprint density at radius 2 is 1.49 bits per heavy atom. The van der Waals surface area contributed by atoms with Gasteiger partial charge in [-0.2, -0.15) is 0 Å². The van der Waals surface area contributed by atoms with Crippen LogP contribution < -0.4 is 14.2 Å². The molecule has 0 atom stereocenters. The summed E-state index contributed by atoms with van der Waals surface area (Å²) in [5.74, 6) is 2.61. The number of amides is 1. The maximum Gasteiger partial charge on any atom is 0.248 e. The Hall–Kier alpha value is -4.00. The fourth-order valence-corrected chi connectivity index (χ4v) is 4.21. The molecule has 0 fully saturated rings. The van der Waals surface area contributed by atoms with Crippen molar-refractivity contribution in [3.05, 3.63) is 119 Å². The van der Waals surface area contributed by atoms with E-state index >= 15 is 0 Å². The summed E-state index contributed by atoms with van der Waals surface area (Å²) in [7, 11) is 3.22.